The van der Waals surface area contributed by atoms with Crippen molar-refractivity contribution in [2.75, 3.05) is 44.2 Å². The molecule has 0 amide bonds. The molecule has 0 saturated carbocycles. The van der Waals surface area contributed by atoms with Crippen LogP contribution in [0, 0.1) is 0 Å². The first-order valence-electron chi connectivity index (χ1n) is 8.76. The predicted molar refractivity (Wildman–Crippen MR) is 102 cm³/mol. The Labute approximate surface area is 153 Å². The number of carbonyl (C=O) groups is 1. The van der Waals surface area contributed by atoms with Crippen LogP contribution in [0.2, 0.25) is 0 Å². The number of fused-ring (bicyclic) bond motifs is 1. The van der Waals surface area contributed by atoms with E-state index in [1.807, 2.05) is 6.07 Å². The number of hydrogen-bond donors (Lipinski definition) is 1. The SMILES string of the molecule is O=C(O)CS(=O)(=O)CCN1CCN(Cc2cccc3ccccc23)CC1. The Bertz CT molecular complexity index is 869. The second-order valence-electron chi connectivity index (χ2n) is 6.74. The fraction of sp³-hybridized carbons (Fsp3) is 0.421. The van der Waals surface area contributed by atoms with Crippen LogP contribution in [-0.2, 0) is 21.2 Å². The van der Waals surface area contributed by atoms with Gasteiger partial charge in [0.05, 0.1) is 5.75 Å². The van der Waals surface area contributed by atoms with E-state index >= 15 is 0 Å². The number of piperazine rings is 1. The summed E-state index contributed by atoms with van der Waals surface area (Å²) in [5.41, 5.74) is 1.31. The molecule has 1 saturated heterocycles. The van der Waals surface area contributed by atoms with Crippen molar-refractivity contribution in [3.8, 4) is 0 Å². The van der Waals surface area contributed by atoms with E-state index in [-0.39, 0.29) is 5.75 Å². The van der Waals surface area contributed by atoms with Crippen molar-refractivity contribution >= 4 is 26.6 Å². The zero-order chi connectivity index (χ0) is 18.6. The normalized spacial score (nSPS) is 16.8. The first-order valence-corrected chi connectivity index (χ1v) is 10.6. The third-order valence-electron chi connectivity index (χ3n) is 4.80. The molecule has 1 heterocycles. The van der Waals surface area contributed by atoms with Gasteiger partial charge in [-0.15, -0.1) is 0 Å². The van der Waals surface area contributed by atoms with Gasteiger partial charge >= 0.3 is 5.97 Å². The summed E-state index contributed by atoms with van der Waals surface area (Å²) in [5, 5.41) is 11.2. The molecule has 3 rings (SSSR count). The maximum atomic E-state index is 11.7. The lowest BCUT2D eigenvalue weighted by atomic mass is 10.0. The van der Waals surface area contributed by atoms with Gasteiger partial charge in [-0.05, 0) is 16.3 Å². The smallest absolute Gasteiger partial charge is 0.318 e. The zero-order valence-corrected chi connectivity index (χ0v) is 15.5. The molecule has 6 nitrogen and oxygen atoms in total. The van der Waals surface area contributed by atoms with E-state index in [4.69, 9.17) is 5.11 Å². The van der Waals surface area contributed by atoms with Crippen molar-refractivity contribution in [3.05, 3.63) is 48.0 Å². The summed E-state index contributed by atoms with van der Waals surface area (Å²) in [6.45, 7) is 4.63. The van der Waals surface area contributed by atoms with E-state index < -0.39 is 21.6 Å². The number of nitrogens with zero attached hydrogens (tertiary/aromatic N) is 2. The zero-order valence-electron chi connectivity index (χ0n) is 14.7. The van der Waals surface area contributed by atoms with Gasteiger partial charge in [-0.1, -0.05) is 42.5 Å². The fourth-order valence-corrected chi connectivity index (χ4v) is 4.43. The molecule has 2 aromatic carbocycles. The number of hydrogen-bond acceptors (Lipinski definition) is 5. The second kappa shape index (κ2) is 8.16. The van der Waals surface area contributed by atoms with Gasteiger partial charge in [-0.3, -0.25) is 14.6 Å². The monoisotopic (exact) mass is 376 g/mol. The molecule has 0 unspecified atom stereocenters. The third kappa shape index (κ3) is 5.03. The summed E-state index contributed by atoms with van der Waals surface area (Å²) < 4.78 is 23.4. The van der Waals surface area contributed by atoms with Gasteiger partial charge in [0.25, 0.3) is 0 Å². The predicted octanol–water partition coefficient (Wildman–Crippen LogP) is 1.46. The fourth-order valence-electron chi connectivity index (χ4n) is 3.37. The van der Waals surface area contributed by atoms with Gasteiger partial charge in [0.15, 0.2) is 9.84 Å². The molecular weight excluding hydrogens is 352 g/mol. The van der Waals surface area contributed by atoms with Gasteiger partial charge in [0.2, 0.25) is 0 Å². The Morgan fingerprint density at radius 1 is 0.962 bits per heavy atom. The summed E-state index contributed by atoms with van der Waals surface area (Å²) >= 11 is 0. The minimum atomic E-state index is -3.52. The minimum absolute atomic E-state index is 0.0946. The topological polar surface area (TPSA) is 77.9 Å². The van der Waals surface area contributed by atoms with Crippen LogP contribution in [-0.4, -0.2) is 73.5 Å². The third-order valence-corrected chi connectivity index (χ3v) is 6.29. The van der Waals surface area contributed by atoms with Crippen LogP contribution in [0.4, 0.5) is 0 Å². The van der Waals surface area contributed by atoms with Gasteiger partial charge in [0.1, 0.15) is 5.75 Å². The van der Waals surface area contributed by atoms with Crippen molar-refractivity contribution in [2.24, 2.45) is 0 Å². The van der Waals surface area contributed by atoms with Gasteiger partial charge < -0.3 is 5.11 Å². The van der Waals surface area contributed by atoms with E-state index in [1.54, 1.807) is 0 Å². The molecular formula is C19H24N2O4S. The molecule has 0 aromatic heterocycles. The number of carboxylic acid groups (broad SMARTS) is 1. The highest BCUT2D eigenvalue weighted by atomic mass is 32.2. The Hall–Kier alpha value is -1.96. The highest BCUT2D eigenvalue weighted by molar-refractivity contribution is 7.92. The van der Waals surface area contributed by atoms with Gasteiger partial charge in [0, 0.05) is 39.3 Å². The van der Waals surface area contributed by atoms with Crippen LogP contribution >= 0.6 is 0 Å². The highest BCUT2D eigenvalue weighted by Gasteiger charge is 2.21. The van der Waals surface area contributed by atoms with Crippen LogP contribution in [0.1, 0.15) is 5.56 Å². The second-order valence-corrected chi connectivity index (χ2v) is 8.93. The first kappa shape index (κ1) is 18.8. The minimum Gasteiger partial charge on any atom is -0.480 e. The summed E-state index contributed by atoms with van der Waals surface area (Å²) in [6, 6.07) is 14.7. The molecule has 1 fully saturated rings. The molecule has 1 N–H and O–H groups in total. The Kier molecular flexibility index (Phi) is 5.90. The maximum absolute atomic E-state index is 11.7. The van der Waals surface area contributed by atoms with Crippen LogP contribution < -0.4 is 0 Å². The Morgan fingerprint density at radius 2 is 1.62 bits per heavy atom. The van der Waals surface area contributed by atoms with Crippen molar-refractivity contribution < 1.29 is 18.3 Å². The average Bonchev–Trinajstić information content (AvgIpc) is 2.60. The molecule has 7 heteroatoms. The van der Waals surface area contributed by atoms with Crippen LogP contribution in [0.15, 0.2) is 42.5 Å². The molecule has 0 atom stereocenters. The summed E-state index contributed by atoms with van der Waals surface area (Å²) in [5.74, 6) is -2.17. The lowest BCUT2D eigenvalue weighted by Crippen LogP contribution is -2.47. The van der Waals surface area contributed by atoms with E-state index in [2.05, 4.69) is 46.2 Å². The molecule has 0 aliphatic carbocycles. The van der Waals surface area contributed by atoms with Crippen molar-refractivity contribution in [1.82, 2.24) is 9.80 Å². The van der Waals surface area contributed by atoms with Gasteiger partial charge in [-0.2, -0.15) is 0 Å². The summed E-state index contributed by atoms with van der Waals surface area (Å²) in [4.78, 5) is 15.1. The molecule has 140 valence electrons. The number of sulfone groups is 1. The van der Waals surface area contributed by atoms with E-state index in [9.17, 15) is 13.2 Å². The van der Waals surface area contributed by atoms with Crippen molar-refractivity contribution in [1.29, 1.82) is 0 Å². The summed E-state index contributed by atoms with van der Waals surface area (Å²) in [6.07, 6.45) is 0. The van der Waals surface area contributed by atoms with Crippen LogP contribution in [0.5, 0.6) is 0 Å². The molecule has 26 heavy (non-hydrogen) atoms. The number of rotatable bonds is 7. The molecule has 1 aliphatic rings. The molecule has 0 spiro atoms. The number of aliphatic carboxylic acids is 1. The van der Waals surface area contributed by atoms with Crippen LogP contribution in [0.3, 0.4) is 0 Å². The van der Waals surface area contributed by atoms with Crippen molar-refractivity contribution in [2.45, 2.75) is 6.54 Å². The van der Waals surface area contributed by atoms with Crippen molar-refractivity contribution in [3.63, 3.8) is 0 Å². The largest absolute Gasteiger partial charge is 0.480 e. The maximum Gasteiger partial charge on any atom is 0.318 e. The number of carboxylic acids is 1. The Morgan fingerprint density at radius 3 is 2.35 bits per heavy atom. The molecule has 2 aromatic rings. The van der Waals surface area contributed by atoms with Gasteiger partial charge in [-0.25, -0.2) is 8.42 Å². The lowest BCUT2D eigenvalue weighted by molar-refractivity contribution is -0.134. The number of benzene rings is 2. The molecule has 0 radical (unpaired) electrons. The van der Waals surface area contributed by atoms with E-state index in [0.29, 0.717) is 6.54 Å². The Balaban J connectivity index is 1.52. The van der Waals surface area contributed by atoms with E-state index in [1.165, 1.54) is 16.3 Å². The molecule has 0 bridgehead atoms. The summed E-state index contributed by atoms with van der Waals surface area (Å²) in [7, 11) is -3.52. The highest BCUT2D eigenvalue weighted by Crippen LogP contribution is 2.20. The van der Waals surface area contributed by atoms with Crippen LogP contribution in [0.25, 0.3) is 10.8 Å². The quantitative estimate of drug-likeness (QED) is 0.788. The van der Waals surface area contributed by atoms with E-state index in [0.717, 1.165) is 32.7 Å². The average molecular weight is 376 g/mol. The molecule has 1 aliphatic heterocycles. The standard InChI is InChI=1S/C19H24N2O4S/c22-19(23)15-26(24,25)13-12-20-8-10-21(11-9-20)14-17-6-3-5-16-4-1-2-7-18(16)17/h1-7H,8-15H2,(H,22,23). The first-order chi connectivity index (χ1) is 12.4. The lowest BCUT2D eigenvalue weighted by Gasteiger charge is -2.34.